The van der Waals surface area contributed by atoms with Crippen LogP contribution in [0.4, 0.5) is 0 Å². The van der Waals surface area contributed by atoms with Crippen molar-refractivity contribution in [3.8, 4) is 17.5 Å². The highest BCUT2D eigenvalue weighted by molar-refractivity contribution is 7.86. The Morgan fingerprint density at radius 2 is 2.04 bits per heavy atom. The molecule has 1 aliphatic carbocycles. The number of nitrogens with two attached hydrogens (primary N) is 1. The van der Waals surface area contributed by atoms with E-state index >= 15 is 0 Å². The van der Waals surface area contributed by atoms with Crippen molar-refractivity contribution in [2.45, 2.75) is 25.2 Å². The van der Waals surface area contributed by atoms with Gasteiger partial charge in [0.05, 0.1) is 17.2 Å². The topological polar surface area (TPSA) is 126 Å². The van der Waals surface area contributed by atoms with E-state index in [1.807, 2.05) is 6.07 Å². The van der Waals surface area contributed by atoms with E-state index in [9.17, 15) is 13.7 Å². The number of nitriles is 1. The van der Waals surface area contributed by atoms with Crippen molar-refractivity contribution < 1.29 is 12.9 Å². The van der Waals surface area contributed by atoms with Gasteiger partial charge in [0, 0.05) is 19.0 Å². The summed E-state index contributed by atoms with van der Waals surface area (Å²) in [4.78, 5) is 4.48. The van der Waals surface area contributed by atoms with Crippen LogP contribution in [0, 0.1) is 16.7 Å². The predicted molar refractivity (Wildman–Crippen MR) is 88.2 cm³/mol. The molecule has 1 saturated carbocycles. The lowest BCUT2D eigenvalue weighted by Crippen LogP contribution is -2.43. The summed E-state index contributed by atoms with van der Waals surface area (Å²) in [7, 11) is -3.62. The molecule has 1 spiro atoms. The van der Waals surface area contributed by atoms with Gasteiger partial charge in [-0.15, -0.1) is 0 Å². The van der Waals surface area contributed by atoms with Crippen LogP contribution in [0.2, 0.25) is 0 Å². The molecule has 130 valence electrons. The molecule has 8 nitrogen and oxygen atoms in total. The normalized spacial score (nSPS) is 22.6. The number of benzene rings is 1. The molecule has 0 unspecified atom stereocenters. The summed E-state index contributed by atoms with van der Waals surface area (Å²) in [6, 6.07) is 9.22. The largest absolute Gasteiger partial charge is 0.334 e. The lowest BCUT2D eigenvalue weighted by Gasteiger charge is -2.30. The fourth-order valence-corrected chi connectivity index (χ4v) is 4.40. The zero-order valence-electron chi connectivity index (χ0n) is 13.4. The zero-order valence-corrected chi connectivity index (χ0v) is 14.2. The smallest absolute Gasteiger partial charge is 0.276 e. The Balaban J connectivity index is 1.51. The Morgan fingerprint density at radius 3 is 2.72 bits per heavy atom. The predicted octanol–water partition coefficient (Wildman–Crippen LogP) is 1.38. The third-order valence-corrected chi connectivity index (χ3v) is 6.38. The molecule has 0 radical (unpaired) electrons. The Labute approximate surface area is 145 Å². The molecule has 0 bridgehead atoms. The van der Waals surface area contributed by atoms with Crippen LogP contribution < -0.4 is 5.14 Å². The molecule has 1 saturated heterocycles. The molecule has 2 N–H and O–H groups in total. The van der Waals surface area contributed by atoms with E-state index in [4.69, 9.17) is 9.66 Å². The van der Waals surface area contributed by atoms with Crippen molar-refractivity contribution in [2.75, 3.05) is 13.1 Å². The molecular formula is C16H17N5O3S. The molecule has 2 aliphatic rings. The monoisotopic (exact) mass is 359 g/mol. The van der Waals surface area contributed by atoms with Gasteiger partial charge in [-0.3, -0.25) is 0 Å². The maximum absolute atomic E-state index is 11.4. The first-order chi connectivity index (χ1) is 11.9. The molecule has 1 atom stereocenters. The Hall–Kier alpha value is -2.28. The molecule has 1 aliphatic heterocycles. The lowest BCUT2D eigenvalue weighted by molar-refractivity contribution is 0.249. The van der Waals surface area contributed by atoms with Gasteiger partial charge in [-0.25, -0.2) is 5.14 Å². The number of rotatable bonds is 3. The van der Waals surface area contributed by atoms with Crippen LogP contribution in [0.15, 0.2) is 28.8 Å². The van der Waals surface area contributed by atoms with Gasteiger partial charge in [0.1, 0.15) is 0 Å². The highest BCUT2D eigenvalue weighted by atomic mass is 32.2. The van der Waals surface area contributed by atoms with Crippen LogP contribution in [-0.2, 0) is 10.2 Å². The third kappa shape index (κ3) is 2.82. The standard InChI is InChI=1S/C16H17N5O3S/c17-10-11-3-1-2-4-12(11)15-19-14(20-24-15)13-9-16(13)5-7-21(8-6-16)25(18,22)23/h1-4,13H,5-9H2,(H2,18,22,23)/t13-/m0/s1. The molecule has 2 fully saturated rings. The number of nitrogens with zero attached hydrogens (tertiary/aromatic N) is 4. The number of aromatic nitrogens is 2. The summed E-state index contributed by atoms with van der Waals surface area (Å²) in [5, 5.41) is 18.5. The number of piperidine rings is 1. The van der Waals surface area contributed by atoms with Crippen LogP contribution in [0.25, 0.3) is 11.5 Å². The highest BCUT2D eigenvalue weighted by Gasteiger charge is 2.58. The molecule has 1 aromatic heterocycles. The highest BCUT2D eigenvalue weighted by Crippen LogP contribution is 2.64. The minimum Gasteiger partial charge on any atom is -0.334 e. The number of hydrogen-bond acceptors (Lipinski definition) is 6. The fraction of sp³-hybridized carbons (Fsp3) is 0.438. The molecular weight excluding hydrogens is 342 g/mol. The molecule has 9 heteroatoms. The van der Waals surface area contributed by atoms with E-state index in [2.05, 4.69) is 16.2 Å². The van der Waals surface area contributed by atoms with E-state index in [-0.39, 0.29) is 11.3 Å². The molecule has 0 amide bonds. The molecule has 4 rings (SSSR count). The lowest BCUT2D eigenvalue weighted by atomic mass is 9.92. The maximum atomic E-state index is 11.4. The first-order valence-corrected chi connectivity index (χ1v) is 9.54. The van der Waals surface area contributed by atoms with Crippen LogP contribution >= 0.6 is 0 Å². The molecule has 2 aromatic rings. The third-order valence-electron chi connectivity index (χ3n) is 5.30. The van der Waals surface area contributed by atoms with Gasteiger partial charge < -0.3 is 4.52 Å². The van der Waals surface area contributed by atoms with Gasteiger partial charge in [0.25, 0.3) is 16.1 Å². The van der Waals surface area contributed by atoms with Gasteiger partial charge in [-0.05, 0) is 36.8 Å². The van der Waals surface area contributed by atoms with Gasteiger partial charge >= 0.3 is 0 Å². The summed E-state index contributed by atoms with van der Waals surface area (Å²) >= 11 is 0. The Kier molecular flexibility index (Phi) is 3.64. The SMILES string of the molecule is N#Cc1ccccc1-c1nc([C@@H]2CC23CCN(S(N)(=O)=O)CC3)no1. The van der Waals surface area contributed by atoms with E-state index in [0.717, 1.165) is 19.3 Å². The zero-order chi connectivity index (χ0) is 17.7. The maximum Gasteiger partial charge on any atom is 0.276 e. The fourth-order valence-electron chi connectivity index (χ4n) is 3.70. The van der Waals surface area contributed by atoms with Gasteiger partial charge in [-0.1, -0.05) is 17.3 Å². The van der Waals surface area contributed by atoms with Gasteiger partial charge in [0.15, 0.2) is 5.82 Å². The minimum atomic E-state index is -3.62. The summed E-state index contributed by atoms with van der Waals surface area (Å²) in [6.45, 7) is 0.856. The van der Waals surface area contributed by atoms with Crippen LogP contribution in [-0.4, -0.2) is 36.0 Å². The summed E-state index contributed by atoms with van der Waals surface area (Å²) in [5.74, 6) is 1.14. The first-order valence-electron chi connectivity index (χ1n) is 8.04. The van der Waals surface area contributed by atoms with Crippen molar-refractivity contribution in [2.24, 2.45) is 10.6 Å². The van der Waals surface area contributed by atoms with Crippen molar-refractivity contribution in [1.82, 2.24) is 14.4 Å². The molecule has 25 heavy (non-hydrogen) atoms. The summed E-state index contributed by atoms with van der Waals surface area (Å²) < 4.78 is 29.5. The summed E-state index contributed by atoms with van der Waals surface area (Å²) in [6.07, 6.45) is 2.41. The minimum absolute atomic E-state index is 0.0388. The molecule has 2 heterocycles. The Bertz CT molecular complexity index is 954. The van der Waals surface area contributed by atoms with E-state index in [1.165, 1.54) is 4.31 Å². The quantitative estimate of drug-likeness (QED) is 0.882. The average Bonchev–Trinajstić information content (AvgIpc) is 3.07. The van der Waals surface area contributed by atoms with Crippen LogP contribution in [0.3, 0.4) is 0 Å². The van der Waals surface area contributed by atoms with Crippen LogP contribution in [0.5, 0.6) is 0 Å². The first kappa shape index (κ1) is 16.2. The van der Waals surface area contributed by atoms with Crippen LogP contribution in [0.1, 0.15) is 36.6 Å². The Morgan fingerprint density at radius 1 is 1.32 bits per heavy atom. The van der Waals surface area contributed by atoms with Gasteiger partial charge in [-0.2, -0.15) is 23.0 Å². The van der Waals surface area contributed by atoms with E-state index in [1.54, 1.807) is 18.2 Å². The molecule has 1 aromatic carbocycles. The van der Waals surface area contributed by atoms with Gasteiger partial charge in [0.2, 0.25) is 0 Å². The van der Waals surface area contributed by atoms with E-state index in [0.29, 0.717) is 35.9 Å². The summed E-state index contributed by atoms with van der Waals surface area (Å²) in [5.41, 5.74) is 1.16. The van der Waals surface area contributed by atoms with Crippen molar-refractivity contribution in [1.29, 1.82) is 5.26 Å². The average molecular weight is 359 g/mol. The number of hydrogen-bond donors (Lipinski definition) is 1. The van der Waals surface area contributed by atoms with Crippen molar-refractivity contribution in [3.05, 3.63) is 35.7 Å². The van der Waals surface area contributed by atoms with E-state index < -0.39 is 10.2 Å². The second-order valence-electron chi connectivity index (χ2n) is 6.68. The second-order valence-corrected chi connectivity index (χ2v) is 8.22. The van der Waals surface area contributed by atoms with Crippen molar-refractivity contribution >= 4 is 10.2 Å². The second kappa shape index (κ2) is 5.62. The van der Waals surface area contributed by atoms with Crippen molar-refractivity contribution in [3.63, 3.8) is 0 Å².